The van der Waals surface area contributed by atoms with Crippen molar-refractivity contribution in [2.75, 3.05) is 13.2 Å². The SMILES string of the molecule is C=CCOCC(NC(=O)c1ccc(C(F)(F)F)cn1)C(=O)O. The molecule has 0 aromatic carbocycles. The van der Waals surface area contributed by atoms with Crippen LogP contribution in [0.5, 0.6) is 0 Å². The van der Waals surface area contributed by atoms with Crippen molar-refractivity contribution in [1.82, 2.24) is 10.3 Å². The number of carbonyl (C=O) groups is 2. The van der Waals surface area contributed by atoms with Crippen LogP contribution in [-0.2, 0) is 15.7 Å². The van der Waals surface area contributed by atoms with Crippen LogP contribution < -0.4 is 5.32 Å². The molecule has 1 rings (SSSR count). The minimum atomic E-state index is -4.57. The first kappa shape index (κ1) is 17.6. The number of nitrogens with zero attached hydrogens (tertiary/aromatic N) is 1. The zero-order valence-electron chi connectivity index (χ0n) is 11.3. The molecule has 22 heavy (non-hydrogen) atoms. The van der Waals surface area contributed by atoms with Gasteiger partial charge in [0.1, 0.15) is 5.69 Å². The molecule has 0 radical (unpaired) electrons. The molecule has 1 aromatic heterocycles. The molecular weight excluding hydrogens is 305 g/mol. The van der Waals surface area contributed by atoms with Crippen LogP contribution in [0.3, 0.4) is 0 Å². The number of amides is 1. The summed E-state index contributed by atoms with van der Waals surface area (Å²) >= 11 is 0. The van der Waals surface area contributed by atoms with Crippen molar-refractivity contribution in [1.29, 1.82) is 0 Å². The van der Waals surface area contributed by atoms with E-state index < -0.39 is 29.7 Å². The van der Waals surface area contributed by atoms with Gasteiger partial charge in [-0.15, -0.1) is 6.58 Å². The number of ether oxygens (including phenoxy) is 1. The fourth-order valence-electron chi connectivity index (χ4n) is 1.37. The standard InChI is InChI=1S/C13H13F3N2O4/c1-2-5-22-7-10(12(20)21)18-11(19)9-4-3-8(6-17-9)13(14,15)16/h2-4,6,10H,1,5,7H2,(H,18,19)(H,20,21). The molecule has 0 aliphatic rings. The molecular formula is C13H13F3N2O4. The molecule has 0 aliphatic carbocycles. The second-order valence-electron chi connectivity index (χ2n) is 4.12. The Bertz CT molecular complexity index is 543. The molecule has 0 spiro atoms. The monoisotopic (exact) mass is 318 g/mol. The Morgan fingerprint density at radius 2 is 2.14 bits per heavy atom. The number of carboxylic acids is 1. The average Bonchev–Trinajstić information content (AvgIpc) is 2.45. The number of aliphatic carboxylic acids is 1. The highest BCUT2D eigenvalue weighted by Crippen LogP contribution is 2.28. The summed E-state index contributed by atoms with van der Waals surface area (Å²) in [6, 6.07) is 0.199. The number of pyridine rings is 1. The minimum absolute atomic E-state index is 0.0954. The third kappa shape index (κ3) is 5.17. The lowest BCUT2D eigenvalue weighted by molar-refractivity contribution is -0.140. The van der Waals surface area contributed by atoms with Crippen LogP contribution >= 0.6 is 0 Å². The molecule has 1 unspecified atom stereocenters. The Morgan fingerprint density at radius 1 is 1.45 bits per heavy atom. The Balaban J connectivity index is 2.73. The van der Waals surface area contributed by atoms with Crippen LogP contribution in [0.2, 0.25) is 0 Å². The zero-order valence-corrected chi connectivity index (χ0v) is 11.3. The highest BCUT2D eigenvalue weighted by Gasteiger charge is 2.31. The molecule has 6 nitrogen and oxygen atoms in total. The fraction of sp³-hybridized carbons (Fsp3) is 0.308. The maximum absolute atomic E-state index is 12.4. The Kier molecular flexibility index (Phi) is 6.05. The largest absolute Gasteiger partial charge is 0.480 e. The van der Waals surface area contributed by atoms with Crippen LogP contribution in [0.25, 0.3) is 0 Å². The van der Waals surface area contributed by atoms with Crippen molar-refractivity contribution in [2.45, 2.75) is 12.2 Å². The quantitative estimate of drug-likeness (QED) is 0.587. The smallest absolute Gasteiger partial charge is 0.417 e. The summed E-state index contributed by atoms with van der Waals surface area (Å²) in [6.07, 6.45) is -2.67. The lowest BCUT2D eigenvalue weighted by atomic mass is 10.2. The van der Waals surface area contributed by atoms with E-state index >= 15 is 0 Å². The highest BCUT2D eigenvalue weighted by atomic mass is 19.4. The fourth-order valence-corrected chi connectivity index (χ4v) is 1.37. The molecule has 0 bridgehead atoms. The molecule has 0 aliphatic heterocycles. The number of rotatable bonds is 7. The van der Waals surface area contributed by atoms with E-state index in [0.717, 1.165) is 6.07 Å². The summed E-state index contributed by atoms with van der Waals surface area (Å²) < 4.78 is 42.0. The minimum Gasteiger partial charge on any atom is -0.480 e. The molecule has 1 atom stereocenters. The third-order valence-electron chi connectivity index (χ3n) is 2.45. The van der Waals surface area contributed by atoms with E-state index in [1.54, 1.807) is 0 Å². The molecule has 1 aromatic rings. The van der Waals surface area contributed by atoms with Crippen LogP contribution in [0.15, 0.2) is 31.0 Å². The van der Waals surface area contributed by atoms with Crippen molar-refractivity contribution >= 4 is 11.9 Å². The van der Waals surface area contributed by atoms with E-state index in [1.165, 1.54) is 6.08 Å². The number of carboxylic acid groups (broad SMARTS) is 1. The zero-order chi connectivity index (χ0) is 16.8. The van der Waals surface area contributed by atoms with E-state index in [2.05, 4.69) is 16.9 Å². The Morgan fingerprint density at radius 3 is 2.59 bits per heavy atom. The van der Waals surface area contributed by atoms with Crippen molar-refractivity contribution in [3.05, 3.63) is 42.2 Å². The topological polar surface area (TPSA) is 88.5 Å². The molecule has 120 valence electrons. The number of carbonyl (C=O) groups excluding carboxylic acids is 1. The van der Waals surface area contributed by atoms with Gasteiger partial charge in [0.25, 0.3) is 5.91 Å². The van der Waals surface area contributed by atoms with E-state index in [4.69, 9.17) is 9.84 Å². The van der Waals surface area contributed by atoms with Gasteiger partial charge in [-0.05, 0) is 12.1 Å². The molecule has 2 N–H and O–H groups in total. The first-order valence-electron chi connectivity index (χ1n) is 6.01. The van der Waals surface area contributed by atoms with E-state index in [-0.39, 0.29) is 18.9 Å². The van der Waals surface area contributed by atoms with E-state index in [1.807, 2.05) is 0 Å². The van der Waals surface area contributed by atoms with Crippen LogP contribution in [0, 0.1) is 0 Å². The predicted octanol–water partition coefficient (Wildman–Crippen LogP) is 1.49. The van der Waals surface area contributed by atoms with Gasteiger partial charge in [-0.1, -0.05) is 6.08 Å². The van der Waals surface area contributed by atoms with Crippen molar-refractivity contribution < 1.29 is 32.6 Å². The number of hydrogen-bond donors (Lipinski definition) is 2. The number of alkyl halides is 3. The summed E-state index contributed by atoms with van der Waals surface area (Å²) in [5.41, 5.74) is -1.34. The van der Waals surface area contributed by atoms with Crippen LogP contribution in [-0.4, -0.2) is 41.2 Å². The van der Waals surface area contributed by atoms with Gasteiger partial charge in [-0.25, -0.2) is 4.79 Å². The first-order chi connectivity index (χ1) is 10.3. The number of nitrogens with one attached hydrogen (secondary N) is 1. The lowest BCUT2D eigenvalue weighted by Gasteiger charge is -2.14. The van der Waals surface area contributed by atoms with Gasteiger partial charge >= 0.3 is 12.1 Å². The second-order valence-corrected chi connectivity index (χ2v) is 4.12. The lowest BCUT2D eigenvalue weighted by Crippen LogP contribution is -2.44. The van der Waals surface area contributed by atoms with Crippen molar-refractivity contribution in [2.24, 2.45) is 0 Å². The molecule has 0 saturated heterocycles. The summed E-state index contributed by atoms with van der Waals surface area (Å²) in [4.78, 5) is 26.1. The summed E-state index contributed by atoms with van der Waals surface area (Å²) in [6.45, 7) is 3.16. The summed E-state index contributed by atoms with van der Waals surface area (Å²) in [5, 5.41) is 11.0. The van der Waals surface area contributed by atoms with Gasteiger partial charge in [0.15, 0.2) is 6.04 Å². The Hall–Kier alpha value is -2.42. The van der Waals surface area contributed by atoms with Crippen LogP contribution in [0.1, 0.15) is 16.1 Å². The Labute approximate surface area is 123 Å². The molecule has 0 fully saturated rings. The van der Waals surface area contributed by atoms with Gasteiger partial charge in [-0.2, -0.15) is 13.2 Å². The summed E-state index contributed by atoms with van der Waals surface area (Å²) in [5.74, 6) is -2.26. The predicted molar refractivity (Wildman–Crippen MR) is 69.1 cm³/mol. The number of aromatic nitrogens is 1. The average molecular weight is 318 g/mol. The van der Waals surface area contributed by atoms with E-state index in [0.29, 0.717) is 12.3 Å². The third-order valence-corrected chi connectivity index (χ3v) is 2.45. The van der Waals surface area contributed by atoms with Gasteiger partial charge in [0.2, 0.25) is 0 Å². The molecule has 1 amide bonds. The maximum atomic E-state index is 12.4. The molecule has 1 heterocycles. The van der Waals surface area contributed by atoms with Crippen molar-refractivity contribution in [3.8, 4) is 0 Å². The van der Waals surface area contributed by atoms with Crippen molar-refractivity contribution in [3.63, 3.8) is 0 Å². The highest BCUT2D eigenvalue weighted by molar-refractivity contribution is 5.94. The normalized spacial score (nSPS) is 12.5. The van der Waals surface area contributed by atoms with Gasteiger partial charge in [0, 0.05) is 6.20 Å². The molecule has 0 saturated carbocycles. The van der Waals surface area contributed by atoms with Gasteiger partial charge in [0.05, 0.1) is 18.8 Å². The van der Waals surface area contributed by atoms with Crippen LogP contribution in [0.4, 0.5) is 13.2 Å². The maximum Gasteiger partial charge on any atom is 0.417 e. The second kappa shape index (κ2) is 7.55. The van der Waals surface area contributed by atoms with Gasteiger partial charge < -0.3 is 15.2 Å². The number of halogens is 3. The van der Waals surface area contributed by atoms with E-state index in [9.17, 15) is 22.8 Å². The first-order valence-corrected chi connectivity index (χ1v) is 6.01. The summed E-state index contributed by atoms with van der Waals surface area (Å²) in [7, 11) is 0. The van der Waals surface area contributed by atoms with Gasteiger partial charge in [-0.3, -0.25) is 9.78 Å². The molecule has 9 heteroatoms. The number of hydrogen-bond acceptors (Lipinski definition) is 4.